The summed E-state index contributed by atoms with van der Waals surface area (Å²) in [7, 11) is 1.96. The highest BCUT2D eigenvalue weighted by atomic mass is 16.2. The molecule has 1 saturated heterocycles. The summed E-state index contributed by atoms with van der Waals surface area (Å²) in [5.74, 6) is 1.28. The van der Waals surface area contributed by atoms with E-state index in [0.717, 1.165) is 49.6 Å². The van der Waals surface area contributed by atoms with Crippen molar-refractivity contribution >= 4 is 6.03 Å². The largest absolute Gasteiger partial charge is 0.348 e. The number of amides is 2. The molecule has 2 amide bonds. The predicted octanol–water partition coefficient (Wildman–Crippen LogP) is 2.28. The summed E-state index contributed by atoms with van der Waals surface area (Å²) in [6, 6.07) is 0.0843. The Balaban J connectivity index is 1.57. The van der Waals surface area contributed by atoms with E-state index in [1.165, 1.54) is 5.56 Å². The lowest BCUT2D eigenvalue weighted by Crippen LogP contribution is -2.48. The molecule has 1 aliphatic heterocycles. The third-order valence-corrected chi connectivity index (χ3v) is 5.15. The molecule has 2 atom stereocenters. The normalized spacial score (nSPS) is 19.0. The zero-order valence-electron chi connectivity index (χ0n) is 15.5. The number of aromatic amines is 1. The lowest BCUT2D eigenvalue weighted by atomic mass is 9.97. The highest BCUT2D eigenvalue weighted by Gasteiger charge is 2.27. The standard InChI is InChI=1S/C18H28N6O/c1-12(10-16-13(2)22-23(4)14(16)3)21-18(25)24-9-5-6-15(11-24)17-19-7-8-20-17/h7-8,12,15H,5-6,9-11H2,1-4H3,(H,19,20)(H,21,25)/t12-,15-/m1/s1. The topological polar surface area (TPSA) is 78.8 Å². The number of nitrogens with one attached hydrogen (secondary N) is 2. The van der Waals surface area contributed by atoms with E-state index in [1.54, 1.807) is 6.20 Å². The van der Waals surface area contributed by atoms with Gasteiger partial charge in [0.25, 0.3) is 0 Å². The number of urea groups is 1. The molecule has 1 fully saturated rings. The summed E-state index contributed by atoms with van der Waals surface area (Å²) >= 11 is 0. The van der Waals surface area contributed by atoms with Crippen molar-refractivity contribution < 1.29 is 4.79 Å². The monoisotopic (exact) mass is 344 g/mol. The van der Waals surface area contributed by atoms with Crippen molar-refractivity contribution in [1.29, 1.82) is 0 Å². The van der Waals surface area contributed by atoms with Crippen LogP contribution in [0.1, 0.15) is 48.5 Å². The summed E-state index contributed by atoms with van der Waals surface area (Å²) in [5.41, 5.74) is 3.42. The van der Waals surface area contributed by atoms with Gasteiger partial charge < -0.3 is 15.2 Å². The fourth-order valence-electron chi connectivity index (χ4n) is 3.66. The fraction of sp³-hybridized carbons (Fsp3) is 0.611. The van der Waals surface area contributed by atoms with E-state index in [1.807, 2.05) is 29.7 Å². The Kier molecular flexibility index (Phi) is 5.11. The summed E-state index contributed by atoms with van der Waals surface area (Å²) in [6.45, 7) is 7.67. The number of aryl methyl sites for hydroxylation is 2. The maximum Gasteiger partial charge on any atom is 0.317 e. The molecule has 2 aromatic rings. The molecule has 0 radical (unpaired) electrons. The number of hydrogen-bond acceptors (Lipinski definition) is 3. The molecule has 0 aromatic carbocycles. The fourth-order valence-corrected chi connectivity index (χ4v) is 3.66. The number of aromatic nitrogens is 4. The Labute approximate surface area is 148 Å². The predicted molar refractivity (Wildman–Crippen MR) is 96.5 cm³/mol. The number of hydrogen-bond donors (Lipinski definition) is 2. The smallest absolute Gasteiger partial charge is 0.317 e. The van der Waals surface area contributed by atoms with Gasteiger partial charge in [-0.1, -0.05) is 0 Å². The first-order chi connectivity index (χ1) is 12.0. The van der Waals surface area contributed by atoms with Gasteiger partial charge in [0.2, 0.25) is 0 Å². The van der Waals surface area contributed by atoms with Gasteiger partial charge >= 0.3 is 6.03 Å². The van der Waals surface area contributed by atoms with Crippen LogP contribution < -0.4 is 5.32 Å². The zero-order valence-corrected chi connectivity index (χ0v) is 15.5. The van der Waals surface area contributed by atoms with Crippen molar-refractivity contribution in [3.63, 3.8) is 0 Å². The molecule has 136 valence electrons. The number of rotatable bonds is 4. The lowest BCUT2D eigenvalue weighted by Gasteiger charge is -2.32. The SMILES string of the molecule is Cc1nn(C)c(C)c1C[C@@H](C)NC(=O)N1CCC[C@@H](c2ncc[nH]2)C1. The Morgan fingerprint density at radius 1 is 1.48 bits per heavy atom. The van der Waals surface area contributed by atoms with Crippen molar-refractivity contribution in [2.45, 2.75) is 52.0 Å². The average molecular weight is 344 g/mol. The molecule has 3 heterocycles. The number of nitrogens with zero attached hydrogens (tertiary/aromatic N) is 4. The van der Waals surface area contributed by atoms with Gasteiger partial charge in [-0.3, -0.25) is 4.68 Å². The second-order valence-electron chi connectivity index (χ2n) is 7.09. The number of carbonyl (C=O) groups excluding carboxylic acids is 1. The van der Waals surface area contributed by atoms with Crippen LogP contribution in [0.2, 0.25) is 0 Å². The molecule has 25 heavy (non-hydrogen) atoms. The van der Waals surface area contributed by atoms with Gasteiger partial charge in [-0.25, -0.2) is 9.78 Å². The van der Waals surface area contributed by atoms with Crippen molar-refractivity contribution in [1.82, 2.24) is 30.0 Å². The van der Waals surface area contributed by atoms with Gasteiger partial charge in [-0.05, 0) is 45.6 Å². The van der Waals surface area contributed by atoms with Crippen molar-refractivity contribution in [2.75, 3.05) is 13.1 Å². The molecule has 1 aliphatic rings. The van der Waals surface area contributed by atoms with Crippen molar-refractivity contribution in [3.05, 3.63) is 35.2 Å². The molecular weight excluding hydrogens is 316 g/mol. The summed E-state index contributed by atoms with van der Waals surface area (Å²) < 4.78 is 1.90. The molecule has 0 saturated carbocycles. The average Bonchev–Trinajstić information content (AvgIpc) is 3.20. The first-order valence-corrected chi connectivity index (χ1v) is 8.99. The number of carbonyl (C=O) groups is 1. The van der Waals surface area contributed by atoms with Crippen LogP contribution in [0.3, 0.4) is 0 Å². The highest BCUT2D eigenvalue weighted by molar-refractivity contribution is 5.74. The minimum Gasteiger partial charge on any atom is -0.348 e. The maximum atomic E-state index is 12.7. The highest BCUT2D eigenvalue weighted by Crippen LogP contribution is 2.24. The van der Waals surface area contributed by atoms with Crippen molar-refractivity contribution in [3.8, 4) is 0 Å². The molecule has 0 unspecified atom stereocenters. The molecule has 0 bridgehead atoms. The summed E-state index contributed by atoms with van der Waals surface area (Å²) in [5, 5.41) is 7.60. The van der Waals surface area contributed by atoms with Crippen LogP contribution >= 0.6 is 0 Å². The first kappa shape index (κ1) is 17.5. The van der Waals surface area contributed by atoms with Gasteiger partial charge in [0, 0.05) is 50.2 Å². The van der Waals surface area contributed by atoms with E-state index in [0.29, 0.717) is 5.92 Å². The molecule has 7 heteroatoms. The van der Waals surface area contributed by atoms with E-state index in [2.05, 4.69) is 34.2 Å². The van der Waals surface area contributed by atoms with E-state index in [9.17, 15) is 4.79 Å². The van der Waals surface area contributed by atoms with Crippen molar-refractivity contribution in [2.24, 2.45) is 7.05 Å². The maximum absolute atomic E-state index is 12.7. The van der Waals surface area contributed by atoms with E-state index in [-0.39, 0.29) is 12.1 Å². The van der Waals surface area contributed by atoms with Gasteiger partial charge in [-0.15, -0.1) is 0 Å². The molecule has 0 spiro atoms. The third kappa shape index (κ3) is 3.86. The van der Waals surface area contributed by atoms with Crippen LogP contribution in [-0.4, -0.2) is 49.8 Å². The minimum absolute atomic E-state index is 0.0166. The van der Waals surface area contributed by atoms with Crippen LogP contribution in [0.25, 0.3) is 0 Å². The molecule has 3 rings (SSSR count). The number of imidazole rings is 1. The van der Waals surface area contributed by atoms with E-state index >= 15 is 0 Å². The molecule has 0 aliphatic carbocycles. The van der Waals surface area contributed by atoms with E-state index < -0.39 is 0 Å². The second-order valence-corrected chi connectivity index (χ2v) is 7.09. The quantitative estimate of drug-likeness (QED) is 0.893. The minimum atomic E-state index is 0.0166. The van der Waals surface area contributed by atoms with Gasteiger partial charge in [0.1, 0.15) is 5.82 Å². The van der Waals surface area contributed by atoms with Gasteiger partial charge in [0.05, 0.1) is 5.69 Å². The summed E-state index contributed by atoms with van der Waals surface area (Å²) in [6.07, 6.45) is 6.49. The lowest BCUT2D eigenvalue weighted by molar-refractivity contribution is 0.175. The first-order valence-electron chi connectivity index (χ1n) is 8.99. The molecule has 7 nitrogen and oxygen atoms in total. The zero-order chi connectivity index (χ0) is 18.0. The summed E-state index contributed by atoms with van der Waals surface area (Å²) in [4.78, 5) is 22.1. The Morgan fingerprint density at radius 3 is 2.92 bits per heavy atom. The number of H-pyrrole nitrogens is 1. The van der Waals surface area contributed by atoms with Crippen LogP contribution in [0.4, 0.5) is 4.79 Å². The second kappa shape index (κ2) is 7.29. The van der Waals surface area contributed by atoms with Gasteiger partial charge in [0.15, 0.2) is 0 Å². The van der Waals surface area contributed by atoms with Crippen LogP contribution in [0.15, 0.2) is 12.4 Å². The number of piperidine rings is 1. The van der Waals surface area contributed by atoms with Crippen LogP contribution in [-0.2, 0) is 13.5 Å². The Hall–Kier alpha value is -2.31. The molecular formula is C18H28N6O. The Morgan fingerprint density at radius 2 is 2.28 bits per heavy atom. The van der Waals surface area contributed by atoms with Crippen LogP contribution in [0.5, 0.6) is 0 Å². The Bertz CT molecular complexity index is 720. The number of likely N-dealkylation sites (tertiary alicyclic amines) is 1. The van der Waals surface area contributed by atoms with Gasteiger partial charge in [-0.2, -0.15) is 5.10 Å². The third-order valence-electron chi connectivity index (χ3n) is 5.15. The van der Waals surface area contributed by atoms with E-state index in [4.69, 9.17) is 0 Å². The van der Waals surface area contributed by atoms with Crippen LogP contribution in [0, 0.1) is 13.8 Å². The molecule has 2 N–H and O–H groups in total. The molecule has 2 aromatic heterocycles.